The lowest BCUT2D eigenvalue weighted by atomic mass is 9.55. The fourth-order valence-electron chi connectivity index (χ4n) is 6.65. The van der Waals surface area contributed by atoms with Gasteiger partial charge in [-0.15, -0.1) is 0 Å². The Balaban J connectivity index is 1.57. The predicted octanol–water partition coefficient (Wildman–Crippen LogP) is 0.140. The molecule has 204 valence electrons. The number of carbonyl (C=O) groups excluding carboxylic acids is 3. The Bertz CT molecular complexity index is 1300. The highest BCUT2D eigenvalue weighted by Gasteiger charge is 2.64. The number of phenols is 1. The molecule has 0 unspecified atom stereocenters. The zero-order valence-corrected chi connectivity index (χ0v) is 21.3. The quantitative estimate of drug-likeness (QED) is 0.265. The average molecular weight is 528 g/mol. The monoisotopic (exact) mass is 527 g/mol. The number of benzene rings is 1. The minimum atomic E-state index is -2.84. The van der Waals surface area contributed by atoms with E-state index < -0.39 is 70.4 Å². The average Bonchev–Trinajstić information content (AvgIpc) is 2.86. The molecule has 1 saturated heterocycles. The van der Waals surface area contributed by atoms with Gasteiger partial charge in [-0.3, -0.25) is 14.4 Å². The maximum absolute atomic E-state index is 13.7. The van der Waals surface area contributed by atoms with Crippen molar-refractivity contribution in [1.29, 1.82) is 0 Å². The van der Waals surface area contributed by atoms with Crippen molar-refractivity contribution >= 4 is 23.2 Å². The molecule has 1 aliphatic heterocycles. The van der Waals surface area contributed by atoms with Crippen LogP contribution in [-0.4, -0.2) is 85.8 Å². The smallest absolute Gasteiger partial charge is 0.255 e. The van der Waals surface area contributed by atoms with Gasteiger partial charge in [0.15, 0.2) is 11.4 Å². The number of aliphatic hydroxyl groups is 4. The topological polar surface area (TPSA) is 194 Å². The number of nitrogens with zero attached hydrogens (tertiary/aromatic N) is 1. The number of primary amides is 1. The summed E-state index contributed by atoms with van der Waals surface area (Å²) in [4.78, 5) is 40.3. The number of amides is 1. The van der Waals surface area contributed by atoms with Gasteiger partial charge in [-0.2, -0.15) is 0 Å². The lowest BCUT2D eigenvalue weighted by molar-refractivity contribution is -0.160. The van der Waals surface area contributed by atoms with Crippen molar-refractivity contribution in [3.8, 4) is 5.75 Å². The number of piperidine rings is 1. The summed E-state index contributed by atoms with van der Waals surface area (Å²) in [7, 11) is 2.06. The van der Waals surface area contributed by atoms with E-state index in [1.807, 2.05) is 0 Å². The molecule has 5 atom stereocenters. The van der Waals surface area contributed by atoms with Gasteiger partial charge in [-0.05, 0) is 44.5 Å². The van der Waals surface area contributed by atoms with E-state index in [-0.39, 0.29) is 22.9 Å². The molecule has 11 heteroatoms. The Hall–Kier alpha value is -3.25. The summed E-state index contributed by atoms with van der Waals surface area (Å²) in [6.45, 7) is 3.95. The molecule has 1 aromatic rings. The van der Waals surface area contributed by atoms with Crippen molar-refractivity contribution in [1.82, 2.24) is 10.2 Å². The van der Waals surface area contributed by atoms with Crippen molar-refractivity contribution in [2.45, 2.75) is 56.4 Å². The Labute approximate surface area is 219 Å². The zero-order chi connectivity index (χ0) is 27.7. The fourth-order valence-corrected chi connectivity index (χ4v) is 6.65. The third-order valence-electron chi connectivity index (χ3n) is 8.88. The Morgan fingerprint density at radius 3 is 2.47 bits per heavy atom. The van der Waals surface area contributed by atoms with E-state index in [1.54, 1.807) is 19.1 Å². The van der Waals surface area contributed by atoms with Gasteiger partial charge in [0.05, 0.1) is 11.7 Å². The second-order valence-electron chi connectivity index (χ2n) is 11.0. The van der Waals surface area contributed by atoms with Gasteiger partial charge >= 0.3 is 0 Å². The molecule has 8 N–H and O–H groups in total. The number of nitrogens with one attached hydrogen (secondary N) is 1. The van der Waals surface area contributed by atoms with Crippen LogP contribution in [0.4, 0.5) is 0 Å². The number of ketones is 2. The maximum Gasteiger partial charge on any atom is 0.255 e. The van der Waals surface area contributed by atoms with Gasteiger partial charge in [0.25, 0.3) is 5.91 Å². The number of hydrogen-bond acceptors (Lipinski definition) is 10. The maximum atomic E-state index is 13.7. The highest BCUT2D eigenvalue weighted by atomic mass is 16.4. The van der Waals surface area contributed by atoms with E-state index >= 15 is 0 Å². The molecule has 5 rings (SSSR count). The first-order valence-corrected chi connectivity index (χ1v) is 12.8. The predicted molar refractivity (Wildman–Crippen MR) is 135 cm³/mol. The van der Waals surface area contributed by atoms with Gasteiger partial charge in [0.1, 0.15) is 22.8 Å². The minimum Gasteiger partial charge on any atom is -0.508 e. The molecule has 0 bridgehead atoms. The van der Waals surface area contributed by atoms with E-state index in [9.17, 15) is 39.9 Å². The van der Waals surface area contributed by atoms with Crippen LogP contribution in [0.2, 0.25) is 0 Å². The first-order valence-electron chi connectivity index (χ1n) is 12.8. The molecule has 4 aliphatic rings. The van der Waals surface area contributed by atoms with E-state index in [4.69, 9.17) is 5.73 Å². The van der Waals surface area contributed by atoms with Crippen molar-refractivity contribution in [2.75, 3.05) is 20.1 Å². The first-order chi connectivity index (χ1) is 17.9. The second kappa shape index (κ2) is 9.19. The van der Waals surface area contributed by atoms with Crippen molar-refractivity contribution in [2.24, 2.45) is 17.6 Å². The third kappa shape index (κ3) is 3.68. The van der Waals surface area contributed by atoms with Crippen LogP contribution in [0.1, 0.15) is 48.8 Å². The standard InChI is InChI=1S/C27H33N3O8/c1-11-14-4-3-12(10-29-13-5-7-30(2)8-6-13)21(32)18(14)23(34)20-17(11)22(33)15-9-16(31)19(26(28)37)24(35)27(15,38)25(20)36/h3-4,11,13,15,17,22,29,32-35,38H,5-10H2,1-2H3,(H2,28,37)/t11-,15+,17+,22+,27+/m0/s1. The number of hydrogen-bond donors (Lipinski definition) is 7. The Morgan fingerprint density at radius 1 is 1.18 bits per heavy atom. The van der Waals surface area contributed by atoms with Crippen LogP contribution in [0.3, 0.4) is 0 Å². The molecule has 1 aromatic carbocycles. The van der Waals surface area contributed by atoms with E-state index in [0.29, 0.717) is 17.7 Å². The van der Waals surface area contributed by atoms with E-state index in [2.05, 4.69) is 17.3 Å². The summed E-state index contributed by atoms with van der Waals surface area (Å²) in [6, 6.07) is 3.72. The molecular weight excluding hydrogens is 494 g/mol. The second-order valence-corrected chi connectivity index (χ2v) is 11.0. The third-order valence-corrected chi connectivity index (χ3v) is 8.88. The highest BCUT2D eigenvalue weighted by molar-refractivity contribution is 6.23. The number of phenolic OH excluding ortho intramolecular Hbond substituents is 1. The van der Waals surface area contributed by atoms with Crippen LogP contribution in [-0.2, 0) is 20.9 Å². The lowest BCUT2D eigenvalue weighted by Crippen LogP contribution is -2.63. The summed E-state index contributed by atoms with van der Waals surface area (Å²) in [5, 5.41) is 59.3. The molecule has 1 amide bonds. The number of carbonyl (C=O) groups is 3. The summed E-state index contributed by atoms with van der Waals surface area (Å²) >= 11 is 0. The van der Waals surface area contributed by atoms with Crippen LogP contribution in [0.5, 0.6) is 5.75 Å². The molecular formula is C27H33N3O8. The molecule has 0 spiro atoms. The van der Waals surface area contributed by atoms with E-state index in [0.717, 1.165) is 25.9 Å². The molecule has 1 saturated carbocycles. The van der Waals surface area contributed by atoms with Crippen LogP contribution in [0, 0.1) is 11.8 Å². The first kappa shape index (κ1) is 26.4. The fraction of sp³-hybridized carbons (Fsp3) is 0.519. The molecule has 2 fully saturated rings. The van der Waals surface area contributed by atoms with Gasteiger partial charge in [0.2, 0.25) is 5.78 Å². The van der Waals surface area contributed by atoms with Crippen LogP contribution in [0.25, 0.3) is 5.76 Å². The van der Waals surface area contributed by atoms with Gasteiger partial charge in [0, 0.05) is 42.0 Å². The minimum absolute atomic E-state index is 0.0134. The van der Waals surface area contributed by atoms with Gasteiger partial charge < -0.3 is 41.5 Å². The van der Waals surface area contributed by atoms with Crippen LogP contribution >= 0.6 is 0 Å². The molecule has 1 heterocycles. The van der Waals surface area contributed by atoms with Crippen LogP contribution in [0.15, 0.2) is 29.0 Å². The number of likely N-dealkylation sites (tertiary alicyclic amines) is 1. The number of fused-ring (bicyclic) bond motifs is 3. The number of aliphatic hydroxyl groups excluding tert-OH is 3. The number of Topliss-reactive ketones (excluding diaryl/α,β-unsaturated/α-hetero) is 2. The van der Waals surface area contributed by atoms with Gasteiger partial charge in [-0.25, -0.2) is 0 Å². The Kier molecular flexibility index (Phi) is 6.38. The summed E-state index contributed by atoms with van der Waals surface area (Å²) < 4.78 is 0. The number of nitrogens with two attached hydrogens (primary N) is 1. The number of aromatic hydroxyl groups is 1. The summed E-state index contributed by atoms with van der Waals surface area (Å²) in [6.07, 6.45) is -0.223. The van der Waals surface area contributed by atoms with Crippen molar-refractivity contribution in [3.63, 3.8) is 0 Å². The molecule has 3 aliphatic carbocycles. The molecule has 38 heavy (non-hydrogen) atoms. The zero-order valence-electron chi connectivity index (χ0n) is 21.3. The Morgan fingerprint density at radius 2 is 1.84 bits per heavy atom. The van der Waals surface area contributed by atoms with E-state index in [1.165, 1.54) is 0 Å². The van der Waals surface area contributed by atoms with Crippen molar-refractivity contribution < 1.29 is 39.9 Å². The molecule has 0 radical (unpaired) electrons. The molecule has 11 nitrogen and oxygen atoms in total. The largest absolute Gasteiger partial charge is 0.508 e. The normalized spacial score (nSPS) is 32.2. The van der Waals surface area contributed by atoms with Crippen LogP contribution < -0.4 is 11.1 Å². The van der Waals surface area contributed by atoms with Gasteiger partial charge in [-0.1, -0.05) is 19.1 Å². The molecule has 0 aromatic heterocycles. The SMILES string of the molecule is C[C@H]1c2ccc(CNC3CCN(C)CC3)c(O)c2C(O)=C2C(=O)[C@]3(O)C(O)=C(C(N)=O)C(=O)C[C@@H]3[C@@H](O)[C@@H]21. The summed E-state index contributed by atoms with van der Waals surface area (Å²) in [5.41, 5.74) is 2.10. The summed E-state index contributed by atoms with van der Waals surface area (Å²) in [5.74, 6) is -8.52. The highest BCUT2D eigenvalue weighted by Crippen LogP contribution is 2.55. The van der Waals surface area contributed by atoms with Crippen molar-refractivity contribution in [3.05, 3.63) is 45.7 Å². The number of rotatable bonds is 4. The lowest BCUT2D eigenvalue weighted by Gasteiger charge is -2.50.